The van der Waals surface area contributed by atoms with E-state index in [9.17, 15) is 5.11 Å². The zero-order valence-electron chi connectivity index (χ0n) is 13.2. The summed E-state index contributed by atoms with van der Waals surface area (Å²) in [4.78, 5) is 0. The number of aliphatic hydroxyl groups is 1. The number of fused-ring (bicyclic) bond motifs is 3. The van der Waals surface area contributed by atoms with Crippen LogP contribution in [-0.2, 0) is 6.42 Å². The normalized spacial score (nSPS) is 13.7. The fraction of sp³-hybridized carbons (Fsp3) is 0.368. The topological polar surface area (TPSA) is 32.3 Å². The highest BCUT2D eigenvalue weighted by Crippen LogP contribution is 2.43. The molecule has 0 saturated carbocycles. The largest absolute Gasteiger partial charge is 0.387 e. The monoisotopic (exact) mass is 349 g/mol. The van der Waals surface area contributed by atoms with E-state index in [0.29, 0.717) is 11.6 Å². The second kappa shape index (κ2) is 7.23. The van der Waals surface area contributed by atoms with Crippen LogP contribution in [0.2, 0.25) is 10.0 Å². The van der Waals surface area contributed by atoms with Crippen LogP contribution in [0, 0.1) is 0 Å². The fourth-order valence-corrected chi connectivity index (χ4v) is 3.67. The molecule has 1 unspecified atom stereocenters. The number of nitrogens with one attached hydrogen (secondary N) is 1. The maximum absolute atomic E-state index is 10.6. The van der Waals surface area contributed by atoms with Gasteiger partial charge >= 0.3 is 0 Å². The number of benzene rings is 2. The van der Waals surface area contributed by atoms with Gasteiger partial charge in [-0.05, 0) is 71.5 Å². The molecule has 1 aliphatic rings. The van der Waals surface area contributed by atoms with Crippen molar-refractivity contribution in [2.24, 2.45) is 0 Å². The first-order valence-electron chi connectivity index (χ1n) is 8.10. The van der Waals surface area contributed by atoms with Gasteiger partial charge in [-0.15, -0.1) is 0 Å². The number of unbranched alkanes of at least 4 members (excludes halogenated alkanes) is 1. The van der Waals surface area contributed by atoms with E-state index >= 15 is 0 Å². The lowest BCUT2D eigenvalue weighted by atomic mass is 9.95. The Hall–Kier alpha value is -1.06. The van der Waals surface area contributed by atoms with Crippen LogP contribution < -0.4 is 5.32 Å². The highest BCUT2D eigenvalue weighted by atomic mass is 35.5. The van der Waals surface area contributed by atoms with E-state index in [1.807, 2.05) is 30.3 Å². The molecule has 2 aromatic carbocycles. The molecule has 0 fully saturated rings. The smallest absolute Gasteiger partial charge is 0.0920 e. The third kappa shape index (κ3) is 3.56. The molecule has 2 N–H and O–H groups in total. The summed E-state index contributed by atoms with van der Waals surface area (Å²) in [7, 11) is 0. The molecular weight excluding hydrogens is 329 g/mol. The Bertz CT molecular complexity index is 715. The molecule has 122 valence electrons. The molecule has 0 aliphatic heterocycles. The van der Waals surface area contributed by atoms with Gasteiger partial charge in [-0.2, -0.15) is 0 Å². The Morgan fingerprint density at radius 3 is 2.70 bits per heavy atom. The van der Waals surface area contributed by atoms with Gasteiger partial charge in [0, 0.05) is 16.6 Å². The van der Waals surface area contributed by atoms with Crippen molar-refractivity contribution in [1.82, 2.24) is 5.32 Å². The molecule has 2 aromatic rings. The van der Waals surface area contributed by atoms with E-state index in [1.165, 1.54) is 5.56 Å². The summed E-state index contributed by atoms with van der Waals surface area (Å²) in [6.07, 6.45) is 2.50. The van der Waals surface area contributed by atoms with Gasteiger partial charge in [-0.3, -0.25) is 0 Å². The molecule has 4 heteroatoms. The molecule has 0 amide bonds. The number of rotatable bonds is 6. The van der Waals surface area contributed by atoms with Crippen LogP contribution in [0.25, 0.3) is 11.1 Å². The lowest BCUT2D eigenvalue weighted by molar-refractivity contribution is 0.175. The summed E-state index contributed by atoms with van der Waals surface area (Å²) in [5.74, 6) is 0. The number of hydrogen-bond acceptors (Lipinski definition) is 2. The van der Waals surface area contributed by atoms with Crippen molar-refractivity contribution in [1.29, 1.82) is 0 Å². The van der Waals surface area contributed by atoms with Crippen LogP contribution in [-0.4, -0.2) is 18.2 Å². The van der Waals surface area contributed by atoms with E-state index in [-0.39, 0.29) is 0 Å². The Morgan fingerprint density at radius 1 is 1.13 bits per heavy atom. The highest BCUT2D eigenvalue weighted by molar-refractivity contribution is 6.31. The molecule has 0 bridgehead atoms. The van der Waals surface area contributed by atoms with Crippen molar-refractivity contribution in [3.8, 4) is 11.1 Å². The van der Waals surface area contributed by atoms with Gasteiger partial charge in [0.05, 0.1) is 6.10 Å². The van der Waals surface area contributed by atoms with Crippen LogP contribution in [0.3, 0.4) is 0 Å². The third-order valence-corrected chi connectivity index (χ3v) is 4.79. The van der Waals surface area contributed by atoms with Gasteiger partial charge in [0.25, 0.3) is 0 Å². The molecule has 1 aliphatic carbocycles. The number of halogens is 2. The summed E-state index contributed by atoms with van der Waals surface area (Å²) in [6.45, 7) is 3.61. The molecule has 3 rings (SSSR count). The Morgan fingerprint density at radius 2 is 1.91 bits per heavy atom. The summed E-state index contributed by atoms with van der Waals surface area (Å²) >= 11 is 12.4. The summed E-state index contributed by atoms with van der Waals surface area (Å²) in [5.41, 5.74) is 5.53. The molecule has 0 heterocycles. The van der Waals surface area contributed by atoms with E-state index in [0.717, 1.165) is 53.1 Å². The molecule has 0 radical (unpaired) electrons. The lowest BCUT2D eigenvalue weighted by Crippen LogP contribution is -2.22. The predicted molar refractivity (Wildman–Crippen MR) is 97.4 cm³/mol. The standard InChI is InChI=1S/C19H21Cl2NO/c1-2-3-6-22-11-18(23)17-10-15(21)9-13-7-12-8-14(20)4-5-16(12)19(13)17/h4-5,8-10,18,22-23H,2-3,6-7,11H2,1H3. The second-order valence-corrected chi connectivity index (χ2v) is 6.95. The number of hydrogen-bond donors (Lipinski definition) is 2. The molecule has 23 heavy (non-hydrogen) atoms. The van der Waals surface area contributed by atoms with Crippen LogP contribution in [0.4, 0.5) is 0 Å². The molecule has 1 atom stereocenters. The Balaban J connectivity index is 1.92. The van der Waals surface area contributed by atoms with Crippen molar-refractivity contribution < 1.29 is 5.11 Å². The fourth-order valence-electron chi connectivity index (χ4n) is 3.23. The van der Waals surface area contributed by atoms with Gasteiger partial charge < -0.3 is 10.4 Å². The maximum atomic E-state index is 10.6. The van der Waals surface area contributed by atoms with Gasteiger partial charge in [0.1, 0.15) is 0 Å². The Labute approximate surface area is 147 Å². The molecular formula is C19H21Cl2NO. The molecule has 0 aromatic heterocycles. The van der Waals surface area contributed by atoms with Gasteiger partial charge in [-0.25, -0.2) is 0 Å². The highest BCUT2D eigenvalue weighted by Gasteiger charge is 2.25. The minimum atomic E-state index is -0.569. The van der Waals surface area contributed by atoms with Crippen molar-refractivity contribution in [2.75, 3.05) is 13.1 Å². The minimum Gasteiger partial charge on any atom is -0.387 e. The Kier molecular flexibility index (Phi) is 5.27. The van der Waals surface area contributed by atoms with Gasteiger partial charge in [0.15, 0.2) is 0 Å². The first kappa shape index (κ1) is 16.8. The lowest BCUT2D eigenvalue weighted by Gasteiger charge is -2.17. The average Bonchev–Trinajstić information content (AvgIpc) is 2.87. The predicted octanol–water partition coefficient (Wildman–Crippen LogP) is 4.99. The van der Waals surface area contributed by atoms with Crippen molar-refractivity contribution in [3.05, 3.63) is 57.1 Å². The van der Waals surface area contributed by atoms with E-state index < -0.39 is 6.10 Å². The van der Waals surface area contributed by atoms with Crippen molar-refractivity contribution in [2.45, 2.75) is 32.3 Å². The quantitative estimate of drug-likeness (QED) is 0.614. The van der Waals surface area contributed by atoms with Crippen molar-refractivity contribution in [3.63, 3.8) is 0 Å². The summed E-state index contributed by atoms with van der Waals surface area (Å²) in [5, 5.41) is 15.4. The van der Waals surface area contributed by atoms with Crippen LogP contribution in [0.5, 0.6) is 0 Å². The molecule has 2 nitrogen and oxygen atoms in total. The SMILES string of the molecule is CCCCNCC(O)c1cc(Cl)cc2c1-c1ccc(Cl)cc1C2. The summed E-state index contributed by atoms with van der Waals surface area (Å²) < 4.78 is 0. The first-order chi connectivity index (χ1) is 11.1. The molecule has 0 saturated heterocycles. The van der Waals surface area contributed by atoms with E-state index in [2.05, 4.69) is 12.2 Å². The van der Waals surface area contributed by atoms with E-state index in [1.54, 1.807) is 0 Å². The van der Waals surface area contributed by atoms with Crippen LogP contribution >= 0.6 is 23.2 Å². The first-order valence-corrected chi connectivity index (χ1v) is 8.85. The second-order valence-electron chi connectivity index (χ2n) is 6.08. The van der Waals surface area contributed by atoms with Gasteiger partial charge in [-0.1, -0.05) is 42.6 Å². The summed E-state index contributed by atoms with van der Waals surface area (Å²) in [6, 6.07) is 9.82. The van der Waals surface area contributed by atoms with Crippen molar-refractivity contribution >= 4 is 23.2 Å². The average molecular weight is 350 g/mol. The zero-order valence-corrected chi connectivity index (χ0v) is 14.7. The van der Waals surface area contributed by atoms with E-state index in [4.69, 9.17) is 23.2 Å². The third-order valence-electron chi connectivity index (χ3n) is 4.34. The van der Waals surface area contributed by atoms with Crippen LogP contribution in [0.1, 0.15) is 42.6 Å². The minimum absolute atomic E-state index is 0.537. The maximum Gasteiger partial charge on any atom is 0.0920 e. The number of aliphatic hydroxyl groups excluding tert-OH is 1. The molecule has 0 spiro atoms. The van der Waals surface area contributed by atoms with Crippen LogP contribution in [0.15, 0.2) is 30.3 Å². The van der Waals surface area contributed by atoms with Gasteiger partial charge in [0.2, 0.25) is 0 Å². The zero-order chi connectivity index (χ0) is 16.4.